The van der Waals surface area contributed by atoms with Crippen molar-refractivity contribution in [1.82, 2.24) is 15.0 Å². The first-order valence-corrected chi connectivity index (χ1v) is 5.77. The summed E-state index contributed by atoms with van der Waals surface area (Å²) in [4.78, 5) is 0. The van der Waals surface area contributed by atoms with Crippen LogP contribution in [0.25, 0.3) is 5.69 Å². The second-order valence-electron chi connectivity index (χ2n) is 2.91. The summed E-state index contributed by atoms with van der Waals surface area (Å²) < 4.78 is 3.49. The van der Waals surface area contributed by atoms with Crippen molar-refractivity contribution in [2.24, 2.45) is 0 Å². The van der Waals surface area contributed by atoms with Gasteiger partial charge >= 0.3 is 0 Å². The maximum atomic E-state index is 8.88. The fourth-order valence-electron chi connectivity index (χ4n) is 1.15. The summed E-state index contributed by atoms with van der Waals surface area (Å²) in [6, 6.07) is 5.76. The van der Waals surface area contributed by atoms with Gasteiger partial charge in [0.05, 0.1) is 18.5 Å². The van der Waals surface area contributed by atoms with Gasteiger partial charge in [0.15, 0.2) is 0 Å². The molecule has 0 spiro atoms. The number of benzene rings is 1. The van der Waals surface area contributed by atoms with Gasteiger partial charge in [0, 0.05) is 8.95 Å². The number of aliphatic hydroxyl groups excluding tert-OH is 1. The zero-order valence-electron chi connectivity index (χ0n) is 7.56. The summed E-state index contributed by atoms with van der Waals surface area (Å²) in [6.45, 7) is -0.106. The van der Waals surface area contributed by atoms with Crippen LogP contribution in [-0.2, 0) is 6.61 Å². The van der Waals surface area contributed by atoms with Crippen LogP contribution in [0.5, 0.6) is 0 Å². The molecule has 1 aromatic heterocycles. The van der Waals surface area contributed by atoms with Crippen LogP contribution in [0, 0.1) is 0 Å². The molecule has 1 aromatic carbocycles. The van der Waals surface area contributed by atoms with Crippen LogP contribution in [0.1, 0.15) is 5.69 Å². The average Bonchev–Trinajstić information content (AvgIpc) is 2.70. The van der Waals surface area contributed by atoms with Gasteiger partial charge in [-0.25, -0.2) is 4.68 Å². The Morgan fingerprint density at radius 2 is 2.13 bits per heavy atom. The van der Waals surface area contributed by atoms with Gasteiger partial charge in [0.1, 0.15) is 5.69 Å². The normalized spacial score (nSPS) is 10.6. The SMILES string of the molecule is OCc1cn(-c2cc(Br)ccc2Br)nn1. The zero-order valence-corrected chi connectivity index (χ0v) is 10.7. The van der Waals surface area contributed by atoms with E-state index in [0.717, 1.165) is 14.6 Å². The molecule has 0 aliphatic rings. The molecule has 4 nitrogen and oxygen atoms in total. The van der Waals surface area contributed by atoms with Crippen molar-refractivity contribution in [3.05, 3.63) is 39.0 Å². The molecule has 0 atom stereocenters. The summed E-state index contributed by atoms with van der Waals surface area (Å²) in [5.41, 5.74) is 1.42. The Bertz CT molecular complexity index is 484. The largest absolute Gasteiger partial charge is 0.390 e. The quantitative estimate of drug-likeness (QED) is 0.918. The number of hydrogen-bond acceptors (Lipinski definition) is 3. The Morgan fingerprint density at radius 1 is 1.33 bits per heavy atom. The molecule has 2 rings (SSSR count). The molecule has 78 valence electrons. The monoisotopic (exact) mass is 331 g/mol. The van der Waals surface area contributed by atoms with E-state index in [0.29, 0.717) is 5.69 Å². The molecule has 1 N–H and O–H groups in total. The fraction of sp³-hybridized carbons (Fsp3) is 0.111. The molecular formula is C9H7Br2N3O. The van der Waals surface area contributed by atoms with E-state index in [1.54, 1.807) is 10.9 Å². The number of nitrogens with zero attached hydrogens (tertiary/aromatic N) is 3. The van der Waals surface area contributed by atoms with E-state index in [2.05, 4.69) is 42.2 Å². The lowest BCUT2D eigenvalue weighted by molar-refractivity contribution is 0.276. The van der Waals surface area contributed by atoms with Gasteiger partial charge in [0.2, 0.25) is 0 Å². The number of rotatable bonds is 2. The third-order valence-electron chi connectivity index (χ3n) is 1.86. The smallest absolute Gasteiger partial charge is 0.109 e. The lowest BCUT2D eigenvalue weighted by atomic mass is 10.3. The molecule has 0 aliphatic heterocycles. The molecule has 2 aromatic rings. The highest BCUT2D eigenvalue weighted by Gasteiger charge is 2.06. The standard InChI is InChI=1S/C9H7Br2N3O/c10-6-1-2-8(11)9(3-6)14-4-7(5-15)12-13-14/h1-4,15H,5H2. The van der Waals surface area contributed by atoms with Crippen molar-refractivity contribution in [2.45, 2.75) is 6.61 Å². The Hall–Kier alpha value is -0.720. The van der Waals surface area contributed by atoms with E-state index in [1.807, 2.05) is 18.2 Å². The highest BCUT2D eigenvalue weighted by Crippen LogP contribution is 2.24. The average molecular weight is 333 g/mol. The summed E-state index contributed by atoms with van der Waals surface area (Å²) in [6.07, 6.45) is 1.69. The van der Waals surface area contributed by atoms with Crippen molar-refractivity contribution < 1.29 is 5.11 Å². The van der Waals surface area contributed by atoms with Crippen LogP contribution in [0.15, 0.2) is 33.3 Å². The summed E-state index contributed by atoms with van der Waals surface area (Å²) in [5, 5.41) is 16.6. The second-order valence-corrected chi connectivity index (χ2v) is 4.68. The van der Waals surface area contributed by atoms with Gasteiger partial charge in [-0.05, 0) is 34.1 Å². The lowest BCUT2D eigenvalue weighted by Gasteiger charge is -2.03. The number of aromatic nitrogens is 3. The highest BCUT2D eigenvalue weighted by molar-refractivity contribution is 9.11. The Morgan fingerprint density at radius 3 is 2.80 bits per heavy atom. The van der Waals surface area contributed by atoms with E-state index < -0.39 is 0 Å². The molecule has 6 heteroatoms. The highest BCUT2D eigenvalue weighted by atomic mass is 79.9. The van der Waals surface area contributed by atoms with Gasteiger partial charge in [-0.3, -0.25) is 0 Å². The minimum atomic E-state index is -0.106. The van der Waals surface area contributed by atoms with Crippen LogP contribution < -0.4 is 0 Å². The van der Waals surface area contributed by atoms with E-state index in [9.17, 15) is 0 Å². The van der Waals surface area contributed by atoms with Gasteiger partial charge in [0.25, 0.3) is 0 Å². The van der Waals surface area contributed by atoms with E-state index in [4.69, 9.17) is 5.11 Å². The van der Waals surface area contributed by atoms with E-state index in [-0.39, 0.29) is 6.61 Å². The maximum absolute atomic E-state index is 8.88. The molecule has 0 saturated carbocycles. The molecule has 1 heterocycles. The van der Waals surface area contributed by atoms with Gasteiger partial charge in [-0.15, -0.1) is 5.10 Å². The molecule has 0 aliphatic carbocycles. The Kier molecular flexibility index (Phi) is 3.18. The second kappa shape index (κ2) is 4.42. The molecule has 0 saturated heterocycles. The maximum Gasteiger partial charge on any atom is 0.109 e. The topological polar surface area (TPSA) is 50.9 Å². The third-order valence-corrected chi connectivity index (χ3v) is 3.02. The molecule has 0 bridgehead atoms. The zero-order chi connectivity index (χ0) is 10.8. The Labute approximate surface area is 103 Å². The summed E-state index contributed by atoms with van der Waals surface area (Å²) in [7, 11) is 0. The van der Waals surface area contributed by atoms with Crippen molar-refractivity contribution in [3.63, 3.8) is 0 Å². The molecular weight excluding hydrogens is 326 g/mol. The van der Waals surface area contributed by atoms with Gasteiger partial charge in [-0.1, -0.05) is 21.1 Å². The molecule has 0 amide bonds. The Balaban J connectivity index is 2.48. The summed E-state index contributed by atoms with van der Waals surface area (Å²) >= 11 is 6.81. The minimum Gasteiger partial charge on any atom is -0.390 e. The van der Waals surface area contributed by atoms with E-state index in [1.165, 1.54) is 0 Å². The van der Waals surface area contributed by atoms with Crippen LogP contribution in [0.4, 0.5) is 0 Å². The number of halogens is 2. The van der Waals surface area contributed by atoms with Crippen molar-refractivity contribution in [3.8, 4) is 5.69 Å². The first-order valence-electron chi connectivity index (χ1n) is 4.18. The predicted molar refractivity (Wildman–Crippen MR) is 62.7 cm³/mol. The fourth-order valence-corrected chi connectivity index (χ4v) is 1.93. The third kappa shape index (κ3) is 2.27. The van der Waals surface area contributed by atoms with Crippen molar-refractivity contribution in [1.29, 1.82) is 0 Å². The van der Waals surface area contributed by atoms with Gasteiger partial charge < -0.3 is 5.11 Å². The molecule has 0 radical (unpaired) electrons. The summed E-state index contributed by atoms with van der Waals surface area (Å²) in [5.74, 6) is 0. The number of hydrogen-bond donors (Lipinski definition) is 1. The first kappa shape index (κ1) is 10.8. The number of aliphatic hydroxyl groups is 1. The van der Waals surface area contributed by atoms with Crippen LogP contribution in [0.3, 0.4) is 0 Å². The first-order chi connectivity index (χ1) is 7.20. The minimum absolute atomic E-state index is 0.106. The van der Waals surface area contributed by atoms with Crippen LogP contribution in [-0.4, -0.2) is 20.1 Å². The molecule has 15 heavy (non-hydrogen) atoms. The van der Waals surface area contributed by atoms with Crippen LogP contribution in [0.2, 0.25) is 0 Å². The molecule has 0 fully saturated rings. The molecule has 0 unspecified atom stereocenters. The van der Waals surface area contributed by atoms with Gasteiger partial charge in [-0.2, -0.15) is 0 Å². The lowest BCUT2D eigenvalue weighted by Crippen LogP contribution is -1.96. The van der Waals surface area contributed by atoms with Crippen LogP contribution >= 0.6 is 31.9 Å². The van der Waals surface area contributed by atoms with Crippen molar-refractivity contribution in [2.75, 3.05) is 0 Å². The predicted octanol–water partition coefficient (Wildman–Crippen LogP) is 2.28. The van der Waals surface area contributed by atoms with Crippen molar-refractivity contribution >= 4 is 31.9 Å². The van der Waals surface area contributed by atoms with E-state index >= 15 is 0 Å².